The molecule has 0 aliphatic heterocycles. The van der Waals surface area contributed by atoms with Crippen LogP contribution in [0.15, 0.2) is 48.5 Å². The summed E-state index contributed by atoms with van der Waals surface area (Å²) in [6.45, 7) is 8.64. The summed E-state index contributed by atoms with van der Waals surface area (Å²) in [4.78, 5) is 11.5. The van der Waals surface area contributed by atoms with Gasteiger partial charge in [0.1, 0.15) is 0 Å². The van der Waals surface area contributed by atoms with E-state index < -0.39 is 11.7 Å². The van der Waals surface area contributed by atoms with E-state index in [0.29, 0.717) is 6.54 Å². The molecule has 0 fully saturated rings. The van der Waals surface area contributed by atoms with E-state index in [1.54, 1.807) is 6.07 Å². The van der Waals surface area contributed by atoms with E-state index in [9.17, 15) is 18.0 Å². The number of benzene rings is 2. The normalized spacial score (nSPS) is 15.6. The molecule has 176 valence electrons. The summed E-state index contributed by atoms with van der Waals surface area (Å²) in [7, 11) is 0. The highest BCUT2D eigenvalue weighted by molar-refractivity contribution is 5.77. The van der Waals surface area contributed by atoms with Crippen LogP contribution in [-0.2, 0) is 11.0 Å². The van der Waals surface area contributed by atoms with Gasteiger partial charge in [-0.25, -0.2) is 0 Å². The first-order chi connectivity index (χ1) is 15.0. The Morgan fingerprint density at radius 3 is 2.25 bits per heavy atom. The van der Waals surface area contributed by atoms with E-state index in [1.807, 2.05) is 32.0 Å². The van der Waals surface area contributed by atoms with Crippen molar-refractivity contribution in [2.24, 2.45) is 17.6 Å². The summed E-state index contributed by atoms with van der Waals surface area (Å²) >= 11 is 0. The van der Waals surface area contributed by atoms with Gasteiger partial charge in [-0.3, -0.25) is 4.79 Å². The third kappa shape index (κ3) is 7.09. The lowest BCUT2D eigenvalue weighted by atomic mass is 9.72. The van der Waals surface area contributed by atoms with E-state index in [2.05, 4.69) is 31.3 Å². The molecule has 1 amide bonds. The van der Waals surface area contributed by atoms with E-state index in [1.165, 1.54) is 11.6 Å². The van der Waals surface area contributed by atoms with Crippen LogP contribution in [0.3, 0.4) is 0 Å². The number of carbonyl (C=O) groups excluding carboxylic acids is 1. The third-order valence-corrected chi connectivity index (χ3v) is 6.53. The Hall–Kier alpha value is -2.34. The number of hydrogen-bond acceptors (Lipinski definition) is 2. The van der Waals surface area contributed by atoms with E-state index in [-0.39, 0.29) is 36.1 Å². The molecule has 32 heavy (non-hydrogen) atoms. The minimum Gasteiger partial charge on any atom is -0.355 e. The van der Waals surface area contributed by atoms with Crippen LogP contribution in [0, 0.1) is 18.8 Å². The zero-order valence-electron chi connectivity index (χ0n) is 19.4. The van der Waals surface area contributed by atoms with E-state index in [4.69, 9.17) is 5.73 Å². The molecule has 2 aromatic carbocycles. The van der Waals surface area contributed by atoms with Gasteiger partial charge in [0.05, 0.1) is 12.1 Å². The Morgan fingerprint density at radius 2 is 1.66 bits per heavy atom. The fraction of sp³-hybridized carbons (Fsp3) is 0.500. The molecule has 3 unspecified atom stereocenters. The second-order valence-electron chi connectivity index (χ2n) is 8.91. The summed E-state index contributed by atoms with van der Waals surface area (Å²) < 4.78 is 40.1. The Morgan fingerprint density at radius 1 is 1.00 bits per heavy atom. The van der Waals surface area contributed by atoms with Gasteiger partial charge in [0, 0.05) is 6.54 Å². The molecule has 0 saturated carbocycles. The summed E-state index contributed by atoms with van der Waals surface area (Å²) in [5, 5.41) is 2.82. The number of nitrogens with one attached hydrogen (secondary N) is 1. The van der Waals surface area contributed by atoms with Gasteiger partial charge in [0.2, 0.25) is 5.91 Å². The first-order valence-corrected chi connectivity index (χ1v) is 11.2. The van der Waals surface area contributed by atoms with Crippen LogP contribution in [0.25, 0.3) is 0 Å². The molecule has 2 aromatic rings. The molecule has 0 spiro atoms. The number of carbonyl (C=O) groups is 1. The highest BCUT2D eigenvalue weighted by Crippen LogP contribution is 2.42. The molecule has 4 atom stereocenters. The molecular formula is C26H35F3N2O. The van der Waals surface area contributed by atoms with Gasteiger partial charge >= 0.3 is 6.18 Å². The Balaban J connectivity index is 2.29. The van der Waals surface area contributed by atoms with Crippen molar-refractivity contribution in [2.45, 2.75) is 58.5 Å². The quantitative estimate of drug-likeness (QED) is 0.466. The first kappa shape index (κ1) is 25.9. The number of halogens is 3. The van der Waals surface area contributed by atoms with Gasteiger partial charge < -0.3 is 11.1 Å². The SMILES string of the molecule is Cc1ccc(C(F)(F)F)cc1C(C)C(CCC(C)CNC(=O)CN)[C@@H](C)c1ccccc1. The van der Waals surface area contributed by atoms with Crippen LogP contribution in [-0.4, -0.2) is 19.0 Å². The zero-order chi connectivity index (χ0) is 23.9. The zero-order valence-corrected chi connectivity index (χ0v) is 19.4. The van der Waals surface area contributed by atoms with Crippen LogP contribution in [0.4, 0.5) is 13.2 Å². The van der Waals surface area contributed by atoms with E-state index in [0.717, 1.165) is 30.0 Å². The fourth-order valence-corrected chi connectivity index (χ4v) is 4.41. The summed E-state index contributed by atoms with van der Waals surface area (Å²) in [5.41, 5.74) is 7.55. The van der Waals surface area contributed by atoms with Gasteiger partial charge in [-0.2, -0.15) is 13.2 Å². The maximum absolute atomic E-state index is 13.4. The summed E-state index contributed by atoms with van der Waals surface area (Å²) in [6, 6.07) is 14.2. The number of amides is 1. The number of nitrogens with two attached hydrogens (primary N) is 1. The van der Waals surface area contributed by atoms with Crippen molar-refractivity contribution in [3.63, 3.8) is 0 Å². The molecule has 6 heteroatoms. The van der Waals surface area contributed by atoms with Crippen molar-refractivity contribution in [3.8, 4) is 0 Å². The minimum atomic E-state index is -4.36. The van der Waals surface area contributed by atoms with Gasteiger partial charge in [0.15, 0.2) is 0 Å². The maximum atomic E-state index is 13.4. The Labute approximate surface area is 189 Å². The highest BCUT2D eigenvalue weighted by Gasteiger charge is 2.33. The van der Waals surface area contributed by atoms with Crippen molar-refractivity contribution >= 4 is 5.91 Å². The molecule has 0 aliphatic rings. The van der Waals surface area contributed by atoms with Crippen molar-refractivity contribution in [2.75, 3.05) is 13.1 Å². The smallest absolute Gasteiger partial charge is 0.355 e. The summed E-state index contributed by atoms with van der Waals surface area (Å²) in [6.07, 6.45) is -2.67. The minimum absolute atomic E-state index is 0.0355. The van der Waals surface area contributed by atoms with Crippen LogP contribution >= 0.6 is 0 Å². The van der Waals surface area contributed by atoms with Crippen molar-refractivity contribution in [1.29, 1.82) is 0 Å². The van der Waals surface area contributed by atoms with Crippen LogP contribution in [0.1, 0.15) is 67.7 Å². The van der Waals surface area contributed by atoms with Gasteiger partial charge in [-0.15, -0.1) is 0 Å². The van der Waals surface area contributed by atoms with Gasteiger partial charge in [0.25, 0.3) is 0 Å². The second kappa shape index (κ2) is 11.5. The number of rotatable bonds is 10. The summed E-state index contributed by atoms with van der Waals surface area (Å²) in [5.74, 6) is 0.321. The van der Waals surface area contributed by atoms with Crippen LogP contribution < -0.4 is 11.1 Å². The molecule has 2 rings (SSSR count). The Kier molecular flexibility index (Phi) is 9.32. The predicted molar refractivity (Wildman–Crippen MR) is 123 cm³/mol. The molecule has 0 saturated heterocycles. The molecule has 3 nitrogen and oxygen atoms in total. The van der Waals surface area contributed by atoms with Crippen LogP contribution in [0.2, 0.25) is 0 Å². The second-order valence-corrected chi connectivity index (χ2v) is 8.91. The maximum Gasteiger partial charge on any atom is 0.416 e. The van der Waals surface area contributed by atoms with Crippen LogP contribution in [0.5, 0.6) is 0 Å². The van der Waals surface area contributed by atoms with Crippen molar-refractivity contribution in [1.82, 2.24) is 5.32 Å². The molecule has 3 N–H and O–H groups in total. The predicted octanol–water partition coefficient (Wildman–Crippen LogP) is 6.03. The van der Waals surface area contributed by atoms with Gasteiger partial charge in [-0.1, -0.05) is 57.2 Å². The monoisotopic (exact) mass is 448 g/mol. The molecular weight excluding hydrogens is 413 g/mol. The Bertz CT molecular complexity index is 867. The van der Waals surface area contributed by atoms with E-state index >= 15 is 0 Å². The molecule has 0 heterocycles. The average Bonchev–Trinajstić information content (AvgIpc) is 2.77. The number of alkyl halides is 3. The molecule has 0 aromatic heterocycles. The molecule has 0 bridgehead atoms. The molecule has 0 aliphatic carbocycles. The topological polar surface area (TPSA) is 55.1 Å². The standard InChI is InChI=1S/C26H35F3N2O/c1-17(16-31-25(32)15-30)10-13-23(19(3)21-8-6-5-7-9-21)20(4)24-14-22(26(27,28)29)12-11-18(24)2/h5-9,11-12,14,17,19-20,23H,10,13,15-16,30H2,1-4H3,(H,31,32)/t17?,19-,20?,23?/m0/s1. The lowest BCUT2D eigenvalue weighted by Crippen LogP contribution is -2.33. The average molecular weight is 449 g/mol. The van der Waals surface area contributed by atoms with Crippen molar-refractivity contribution < 1.29 is 18.0 Å². The first-order valence-electron chi connectivity index (χ1n) is 11.2. The lowest BCUT2D eigenvalue weighted by Gasteiger charge is -2.32. The number of aryl methyl sites for hydroxylation is 1. The number of hydrogen-bond donors (Lipinski definition) is 2. The molecule has 0 radical (unpaired) electrons. The largest absolute Gasteiger partial charge is 0.416 e. The third-order valence-electron chi connectivity index (χ3n) is 6.53. The van der Waals surface area contributed by atoms with Gasteiger partial charge in [-0.05, 0) is 72.3 Å². The fourth-order valence-electron chi connectivity index (χ4n) is 4.41. The lowest BCUT2D eigenvalue weighted by molar-refractivity contribution is -0.137. The highest BCUT2D eigenvalue weighted by atomic mass is 19.4. The van der Waals surface area contributed by atoms with Crippen molar-refractivity contribution in [3.05, 3.63) is 70.8 Å².